The fraction of sp³-hybridized carbons (Fsp3) is 0.286. The fourth-order valence-corrected chi connectivity index (χ4v) is 4.67. The van der Waals surface area contributed by atoms with Gasteiger partial charge in [-0.3, -0.25) is 14.4 Å². The molecule has 2 fully saturated rings. The van der Waals surface area contributed by atoms with Gasteiger partial charge >= 0.3 is 0 Å². The van der Waals surface area contributed by atoms with E-state index in [2.05, 4.69) is 19.1 Å². The zero-order valence-corrected chi connectivity index (χ0v) is 19.4. The lowest BCUT2D eigenvalue weighted by atomic mass is 9.90. The van der Waals surface area contributed by atoms with Gasteiger partial charge in [-0.05, 0) is 60.4 Å². The molecule has 6 heteroatoms. The molecule has 0 unspecified atom stereocenters. The van der Waals surface area contributed by atoms with Crippen LogP contribution >= 0.6 is 0 Å². The van der Waals surface area contributed by atoms with Crippen LogP contribution in [-0.2, 0) is 20.8 Å². The average Bonchev–Trinajstić information content (AvgIpc) is 3.39. The first-order valence-electron chi connectivity index (χ1n) is 11.8. The monoisotopic (exact) mass is 456 g/mol. The topological polar surface area (TPSA) is 59.1 Å². The summed E-state index contributed by atoms with van der Waals surface area (Å²) in [5.74, 6) is -0.521. The van der Waals surface area contributed by atoms with Crippen molar-refractivity contribution in [1.29, 1.82) is 0 Å². The normalized spacial score (nSPS) is 21.8. The highest BCUT2D eigenvalue weighted by Crippen LogP contribution is 2.47. The maximum absolute atomic E-state index is 13.7. The Labute approximate surface area is 199 Å². The lowest BCUT2D eigenvalue weighted by molar-refractivity contribution is -0.126. The first kappa shape index (κ1) is 22.2. The number of amides is 2. The molecule has 3 atom stereocenters. The Morgan fingerprint density at radius 3 is 2.18 bits per heavy atom. The number of hydrogen-bond acceptors (Lipinski definition) is 5. The number of imide groups is 1. The van der Waals surface area contributed by atoms with Crippen LogP contribution in [0.4, 0.5) is 11.4 Å². The van der Waals surface area contributed by atoms with Gasteiger partial charge in [-0.25, -0.2) is 9.96 Å². The smallest absolute Gasteiger partial charge is 0.266 e. The standard InChI is InChI=1S/C28H28N2O4/c1-3-18-33-23-16-14-21(15-17-23)29-27(31)24-25(20-12-10-19(4-2)11-13-20)30(34-26(24)28(29)32)22-8-6-5-7-9-22/h5-17,24-26H,3-4,18H2,1-2H3/t24-,25+,26-/m0/s1. The molecule has 3 aromatic carbocycles. The summed E-state index contributed by atoms with van der Waals surface area (Å²) in [6.45, 7) is 4.77. The second-order valence-corrected chi connectivity index (χ2v) is 8.61. The van der Waals surface area contributed by atoms with Crippen molar-refractivity contribution in [2.75, 3.05) is 16.6 Å². The third-order valence-electron chi connectivity index (χ3n) is 6.42. The van der Waals surface area contributed by atoms with E-state index in [9.17, 15) is 9.59 Å². The number of fused-ring (bicyclic) bond motifs is 1. The van der Waals surface area contributed by atoms with Gasteiger partial charge in [0.1, 0.15) is 11.7 Å². The van der Waals surface area contributed by atoms with Crippen molar-refractivity contribution in [3.05, 3.63) is 90.0 Å². The molecule has 174 valence electrons. The highest BCUT2D eigenvalue weighted by atomic mass is 16.7. The van der Waals surface area contributed by atoms with Crippen LogP contribution in [0.15, 0.2) is 78.9 Å². The van der Waals surface area contributed by atoms with E-state index in [-0.39, 0.29) is 11.8 Å². The molecular weight excluding hydrogens is 428 g/mol. The first-order valence-corrected chi connectivity index (χ1v) is 11.8. The fourth-order valence-electron chi connectivity index (χ4n) is 4.67. The van der Waals surface area contributed by atoms with Gasteiger partial charge in [-0.1, -0.05) is 56.3 Å². The van der Waals surface area contributed by atoms with Gasteiger partial charge in [-0.2, -0.15) is 0 Å². The minimum absolute atomic E-state index is 0.250. The van der Waals surface area contributed by atoms with E-state index in [0.29, 0.717) is 18.0 Å². The number of aryl methyl sites for hydroxylation is 1. The van der Waals surface area contributed by atoms with Crippen LogP contribution in [0.1, 0.15) is 37.4 Å². The van der Waals surface area contributed by atoms with Gasteiger partial charge in [0, 0.05) is 0 Å². The van der Waals surface area contributed by atoms with Gasteiger partial charge < -0.3 is 4.74 Å². The van der Waals surface area contributed by atoms with Crippen molar-refractivity contribution in [2.24, 2.45) is 5.92 Å². The average molecular weight is 457 g/mol. The number of anilines is 2. The van der Waals surface area contributed by atoms with Gasteiger partial charge in [0.15, 0.2) is 6.10 Å². The third kappa shape index (κ3) is 3.84. The van der Waals surface area contributed by atoms with E-state index in [0.717, 1.165) is 24.1 Å². The van der Waals surface area contributed by atoms with Crippen LogP contribution in [0.2, 0.25) is 0 Å². The molecule has 0 spiro atoms. The summed E-state index contributed by atoms with van der Waals surface area (Å²) in [6, 6.07) is 24.5. The molecule has 2 heterocycles. The highest BCUT2D eigenvalue weighted by Gasteiger charge is 2.60. The van der Waals surface area contributed by atoms with E-state index < -0.39 is 18.1 Å². The number of benzene rings is 3. The second-order valence-electron chi connectivity index (χ2n) is 8.61. The van der Waals surface area contributed by atoms with Crippen molar-refractivity contribution >= 4 is 23.2 Å². The summed E-state index contributed by atoms with van der Waals surface area (Å²) in [6.07, 6.45) is 0.961. The van der Waals surface area contributed by atoms with E-state index >= 15 is 0 Å². The highest BCUT2D eigenvalue weighted by molar-refractivity contribution is 6.23. The van der Waals surface area contributed by atoms with Crippen LogP contribution < -0.4 is 14.7 Å². The molecule has 2 saturated heterocycles. The largest absolute Gasteiger partial charge is 0.494 e. The first-order chi connectivity index (χ1) is 16.6. The number of para-hydroxylation sites is 1. The maximum Gasteiger partial charge on any atom is 0.266 e. The molecule has 2 aliphatic heterocycles. The number of nitrogens with zero attached hydrogens (tertiary/aromatic N) is 2. The number of carbonyl (C=O) groups is 2. The van der Waals surface area contributed by atoms with E-state index in [4.69, 9.17) is 9.57 Å². The van der Waals surface area contributed by atoms with E-state index in [1.54, 1.807) is 29.3 Å². The Bertz CT molecular complexity index is 1160. The van der Waals surface area contributed by atoms with Crippen molar-refractivity contribution in [3.8, 4) is 5.75 Å². The summed E-state index contributed by atoms with van der Waals surface area (Å²) in [5.41, 5.74) is 3.50. The van der Waals surface area contributed by atoms with E-state index in [1.165, 1.54) is 10.5 Å². The van der Waals surface area contributed by atoms with Crippen molar-refractivity contribution in [1.82, 2.24) is 0 Å². The zero-order chi connectivity index (χ0) is 23.7. The summed E-state index contributed by atoms with van der Waals surface area (Å²) in [7, 11) is 0. The maximum atomic E-state index is 13.7. The Hall–Kier alpha value is -3.64. The molecule has 0 aromatic heterocycles. The zero-order valence-electron chi connectivity index (χ0n) is 19.4. The summed E-state index contributed by atoms with van der Waals surface area (Å²) in [4.78, 5) is 34.6. The Kier molecular flexibility index (Phi) is 6.07. The summed E-state index contributed by atoms with van der Waals surface area (Å²) >= 11 is 0. The number of hydroxylamine groups is 1. The minimum Gasteiger partial charge on any atom is -0.494 e. The van der Waals surface area contributed by atoms with Gasteiger partial charge in [-0.15, -0.1) is 0 Å². The third-order valence-corrected chi connectivity index (χ3v) is 6.42. The summed E-state index contributed by atoms with van der Waals surface area (Å²) < 4.78 is 5.64. The van der Waals surface area contributed by atoms with Gasteiger partial charge in [0.05, 0.1) is 24.0 Å². The van der Waals surface area contributed by atoms with E-state index in [1.807, 2.05) is 49.4 Å². The predicted octanol–water partition coefficient (Wildman–Crippen LogP) is 5.09. The van der Waals surface area contributed by atoms with Crippen molar-refractivity contribution in [2.45, 2.75) is 38.8 Å². The molecule has 3 aromatic rings. The second kappa shape index (κ2) is 9.31. The quantitative estimate of drug-likeness (QED) is 0.464. The van der Waals surface area contributed by atoms with Gasteiger partial charge in [0.25, 0.3) is 5.91 Å². The predicted molar refractivity (Wildman–Crippen MR) is 131 cm³/mol. The van der Waals surface area contributed by atoms with Gasteiger partial charge in [0.2, 0.25) is 5.91 Å². The number of ether oxygens (including phenoxy) is 1. The molecule has 5 rings (SSSR count). The molecule has 6 nitrogen and oxygen atoms in total. The van der Waals surface area contributed by atoms with Crippen LogP contribution in [-0.4, -0.2) is 24.5 Å². The Morgan fingerprint density at radius 2 is 1.53 bits per heavy atom. The summed E-state index contributed by atoms with van der Waals surface area (Å²) in [5, 5.41) is 1.73. The molecule has 34 heavy (non-hydrogen) atoms. The van der Waals surface area contributed by atoms with Crippen molar-refractivity contribution < 1.29 is 19.2 Å². The van der Waals surface area contributed by atoms with Crippen LogP contribution in [0.3, 0.4) is 0 Å². The molecule has 0 saturated carbocycles. The minimum atomic E-state index is -0.875. The van der Waals surface area contributed by atoms with Crippen LogP contribution in [0, 0.1) is 5.92 Å². The molecule has 0 N–H and O–H groups in total. The molecule has 0 bridgehead atoms. The van der Waals surface area contributed by atoms with Crippen LogP contribution in [0.5, 0.6) is 5.75 Å². The lowest BCUT2D eigenvalue weighted by Crippen LogP contribution is -2.37. The molecule has 0 aliphatic carbocycles. The molecular formula is C28H28N2O4. The Balaban J connectivity index is 1.49. The van der Waals surface area contributed by atoms with Crippen molar-refractivity contribution in [3.63, 3.8) is 0 Å². The number of carbonyl (C=O) groups excluding carboxylic acids is 2. The number of rotatable bonds is 7. The molecule has 0 radical (unpaired) electrons. The lowest BCUT2D eigenvalue weighted by Gasteiger charge is -2.29. The molecule has 2 amide bonds. The Morgan fingerprint density at radius 1 is 0.824 bits per heavy atom. The number of hydrogen-bond donors (Lipinski definition) is 0. The molecule has 2 aliphatic rings. The SMILES string of the molecule is CCCOc1ccc(N2C(=O)[C@@H]3[C@H](ON(c4ccccc4)[C@@H]3c3ccc(CC)cc3)C2=O)cc1. The van der Waals surface area contributed by atoms with Crippen LogP contribution in [0.25, 0.3) is 0 Å².